The topological polar surface area (TPSA) is 55.6 Å². The van der Waals surface area contributed by atoms with E-state index in [0.717, 1.165) is 31.8 Å². The van der Waals surface area contributed by atoms with Gasteiger partial charge in [0.15, 0.2) is 5.82 Å². The molecular formula is C14H19N5. The molecule has 19 heavy (non-hydrogen) atoms. The Labute approximate surface area is 113 Å². The van der Waals surface area contributed by atoms with Crippen molar-refractivity contribution in [1.29, 1.82) is 0 Å². The number of benzene rings is 1. The number of nitrogens with one attached hydrogen (secondary N) is 1. The molecule has 1 fully saturated rings. The molecule has 5 nitrogen and oxygen atoms in total. The predicted molar refractivity (Wildman–Crippen MR) is 72.9 cm³/mol. The maximum atomic E-state index is 4.53. The molecule has 100 valence electrons. The van der Waals surface area contributed by atoms with Crippen molar-refractivity contribution in [2.45, 2.75) is 32.2 Å². The largest absolute Gasteiger partial charge is 0.317 e. The monoisotopic (exact) mass is 257 g/mol. The van der Waals surface area contributed by atoms with Crippen LogP contribution in [-0.4, -0.2) is 33.3 Å². The Hall–Kier alpha value is -1.75. The first-order chi connectivity index (χ1) is 9.31. The molecule has 0 spiro atoms. The molecule has 2 heterocycles. The van der Waals surface area contributed by atoms with E-state index in [1.165, 1.54) is 11.1 Å². The summed E-state index contributed by atoms with van der Waals surface area (Å²) in [4.78, 5) is 1.70. The van der Waals surface area contributed by atoms with E-state index in [0.29, 0.717) is 12.5 Å². The lowest BCUT2D eigenvalue weighted by atomic mass is 9.98. The summed E-state index contributed by atoms with van der Waals surface area (Å²) in [5.74, 6) is 1.36. The lowest BCUT2D eigenvalue weighted by Gasteiger charge is -2.19. The predicted octanol–water partition coefficient (Wildman–Crippen LogP) is 1.50. The highest BCUT2D eigenvalue weighted by molar-refractivity contribution is 5.22. The summed E-state index contributed by atoms with van der Waals surface area (Å²) < 4.78 is 0. The van der Waals surface area contributed by atoms with Crippen molar-refractivity contribution in [2.24, 2.45) is 0 Å². The third-order valence-corrected chi connectivity index (χ3v) is 3.58. The molecule has 0 radical (unpaired) electrons. The van der Waals surface area contributed by atoms with Crippen LogP contribution in [0.5, 0.6) is 0 Å². The van der Waals surface area contributed by atoms with Gasteiger partial charge in [0.2, 0.25) is 0 Å². The van der Waals surface area contributed by atoms with Crippen LogP contribution >= 0.6 is 0 Å². The van der Waals surface area contributed by atoms with Gasteiger partial charge in [-0.1, -0.05) is 29.8 Å². The van der Waals surface area contributed by atoms with Gasteiger partial charge in [-0.15, -0.1) is 10.2 Å². The van der Waals surface area contributed by atoms with Crippen molar-refractivity contribution in [3.05, 3.63) is 41.2 Å². The third kappa shape index (κ3) is 2.98. The lowest BCUT2D eigenvalue weighted by molar-refractivity contribution is 0.442. The second kappa shape index (κ2) is 5.48. The quantitative estimate of drug-likeness (QED) is 0.905. The summed E-state index contributed by atoms with van der Waals surface area (Å²) in [6.45, 7) is 4.90. The first kappa shape index (κ1) is 12.3. The molecule has 1 aliphatic heterocycles. The van der Waals surface area contributed by atoms with Gasteiger partial charge in [0.05, 0.1) is 6.54 Å². The molecule has 0 unspecified atom stereocenters. The van der Waals surface area contributed by atoms with Crippen LogP contribution in [0.25, 0.3) is 0 Å². The zero-order chi connectivity index (χ0) is 13.1. The van der Waals surface area contributed by atoms with Gasteiger partial charge in [0.1, 0.15) is 0 Å². The van der Waals surface area contributed by atoms with Crippen LogP contribution < -0.4 is 5.32 Å². The Bertz CT molecular complexity index is 542. The van der Waals surface area contributed by atoms with Gasteiger partial charge in [-0.3, -0.25) is 0 Å². The fraction of sp³-hybridized carbons (Fsp3) is 0.500. The summed E-state index contributed by atoms with van der Waals surface area (Å²) in [5, 5.41) is 16.3. The van der Waals surface area contributed by atoms with Crippen molar-refractivity contribution in [2.75, 3.05) is 13.1 Å². The molecule has 0 atom stereocenters. The van der Waals surface area contributed by atoms with Gasteiger partial charge in [-0.05, 0) is 43.6 Å². The van der Waals surface area contributed by atoms with Gasteiger partial charge in [-0.2, -0.15) is 4.80 Å². The lowest BCUT2D eigenvalue weighted by Crippen LogP contribution is -2.27. The number of tetrazole rings is 1. The zero-order valence-corrected chi connectivity index (χ0v) is 11.2. The van der Waals surface area contributed by atoms with E-state index in [2.05, 4.69) is 51.9 Å². The maximum Gasteiger partial charge on any atom is 0.177 e. The molecular weight excluding hydrogens is 238 g/mol. The molecule has 0 saturated carbocycles. The van der Waals surface area contributed by atoms with E-state index in [-0.39, 0.29) is 0 Å². The standard InChI is InChI=1S/C14H19N5/c1-11-3-2-4-12(9-11)10-19-17-14(16-18-19)13-5-7-15-8-6-13/h2-4,9,13,15H,5-8,10H2,1H3. The van der Waals surface area contributed by atoms with Crippen LogP contribution in [-0.2, 0) is 6.54 Å². The number of aromatic nitrogens is 4. The van der Waals surface area contributed by atoms with Crippen LogP contribution in [0.2, 0.25) is 0 Å². The molecule has 0 bridgehead atoms. The minimum absolute atomic E-state index is 0.465. The van der Waals surface area contributed by atoms with Gasteiger partial charge < -0.3 is 5.32 Å². The second-order valence-corrected chi connectivity index (χ2v) is 5.19. The van der Waals surface area contributed by atoms with E-state index in [1.54, 1.807) is 4.80 Å². The highest BCUT2D eigenvalue weighted by Gasteiger charge is 2.19. The smallest absolute Gasteiger partial charge is 0.177 e. The zero-order valence-electron chi connectivity index (χ0n) is 11.2. The Balaban J connectivity index is 1.70. The minimum atomic E-state index is 0.465. The van der Waals surface area contributed by atoms with Gasteiger partial charge >= 0.3 is 0 Å². The van der Waals surface area contributed by atoms with E-state index < -0.39 is 0 Å². The average Bonchev–Trinajstić information content (AvgIpc) is 2.88. The SMILES string of the molecule is Cc1cccc(Cn2nnc(C3CCNCC3)n2)c1. The molecule has 1 aromatic carbocycles. The van der Waals surface area contributed by atoms with Crippen molar-refractivity contribution >= 4 is 0 Å². The van der Waals surface area contributed by atoms with E-state index >= 15 is 0 Å². The van der Waals surface area contributed by atoms with Crippen LogP contribution in [0.3, 0.4) is 0 Å². The molecule has 1 saturated heterocycles. The molecule has 1 N–H and O–H groups in total. The number of piperidine rings is 1. The number of rotatable bonds is 3. The Morgan fingerprint density at radius 1 is 1.32 bits per heavy atom. The number of hydrogen-bond donors (Lipinski definition) is 1. The normalized spacial score (nSPS) is 16.7. The summed E-state index contributed by atoms with van der Waals surface area (Å²) in [5.41, 5.74) is 2.48. The van der Waals surface area contributed by atoms with Crippen molar-refractivity contribution in [3.63, 3.8) is 0 Å². The highest BCUT2D eigenvalue weighted by Crippen LogP contribution is 2.20. The van der Waals surface area contributed by atoms with Gasteiger partial charge in [-0.25, -0.2) is 0 Å². The molecule has 1 aromatic heterocycles. The van der Waals surface area contributed by atoms with E-state index in [1.807, 2.05) is 0 Å². The van der Waals surface area contributed by atoms with Crippen LogP contribution in [0.1, 0.15) is 35.7 Å². The van der Waals surface area contributed by atoms with Crippen molar-refractivity contribution in [1.82, 2.24) is 25.5 Å². The van der Waals surface area contributed by atoms with E-state index in [9.17, 15) is 0 Å². The summed E-state index contributed by atoms with van der Waals surface area (Å²) >= 11 is 0. The fourth-order valence-corrected chi connectivity index (χ4v) is 2.54. The first-order valence-electron chi connectivity index (χ1n) is 6.85. The minimum Gasteiger partial charge on any atom is -0.317 e. The molecule has 5 heteroatoms. The number of hydrogen-bond acceptors (Lipinski definition) is 4. The number of nitrogens with zero attached hydrogens (tertiary/aromatic N) is 4. The molecule has 3 rings (SSSR count). The fourth-order valence-electron chi connectivity index (χ4n) is 2.54. The van der Waals surface area contributed by atoms with Crippen LogP contribution in [0, 0.1) is 6.92 Å². The summed E-state index contributed by atoms with van der Waals surface area (Å²) in [6.07, 6.45) is 2.21. The maximum absolute atomic E-state index is 4.53. The summed E-state index contributed by atoms with van der Waals surface area (Å²) in [6, 6.07) is 8.42. The summed E-state index contributed by atoms with van der Waals surface area (Å²) in [7, 11) is 0. The third-order valence-electron chi connectivity index (χ3n) is 3.58. The van der Waals surface area contributed by atoms with Crippen LogP contribution in [0.15, 0.2) is 24.3 Å². The Kier molecular flexibility index (Phi) is 3.55. The second-order valence-electron chi connectivity index (χ2n) is 5.19. The highest BCUT2D eigenvalue weighted by atomic mass is 15.6. The molecule has 1 aliphatic rings. The van der Waals surface area contributed by atoms with Crippen molar-refractivity contribution < 1.29 is 0 Å². The number of aryl methyl sites for hydroxylation is 1. The Morgan fingerprint density at radius 3 is 2.95 bits per heavy atom. The first-order valence-corrected chi connectivity index (χ1v) is 6.85. The van der Waals surface area contributed by atoms with E-state index in [4.69, 9.17) is 0 Å². The van der Waals surface area contributed by atoms with Crippen LogP contribution in [0.4, 0.5) is 0 Å². The molecule has 0 aliphatic carbocycles. The molecule has 2 aromatic rings. The molecule has 0 amide bonds. The average molecular weight is 257 g/mol. The van der Waals surface area contributed by atoms with Gasteiger partial charge in [0, 0.05) is 5.92 Å². The Morgan fingerprint density at radius 2 is 2.16 bits per heavy atom. The van der Waals surface area contributed by atoms with Crippen molar-refractivity contribution in [3.8, 4) is 0 Å². The van der Waals surface area contributed by atoms with Gasteiger partial charge in [0.25, 0.3) is 0 Å².